The Labute approximate surface area is 102 Å². The molecule has 1 aromatic rings. The number of pyridine rings is 1. The summed E-state index contributed by atoms with van der Waals surface area (Å²) in [5.41, 5.74) is 6.50. The van der Waals surface area contributed by atoms with Crippen LogP contribution < -0.4 is 11.1 Å². The normalized spacial score (nSPS) is 10.4. The molecule has 0 unspecified atom stereocenters. The van der Waals surface area contributed by atoms with Gasteiger partial charge in [0.25, 0.3) is 5.91 Å². The first-order valence-corrected chi connectivity index (χ1v) is 4.88. The molecule has 3 N–H and O–H groups in total. The van der Waals surface area contributed by atoms with E-state index >= 15 is 0 Å². The third kappa shape index (κ3) is 4.98. The maximum atomic E-state index is 11.6. The Hall–Kier alpha value is -1.29. The summed E-state index contributed by atoms with van der Waals surface area (Å²) in [6.07, 6.45) is 1.48. The lowest BCUT2D eigenvalue weighted by atomic mass is 9.97. The van der Waals surface area contributed by atoms with Crippen molar-refractivity contribution in [2.45, 2.75) is 20.8 Å². The second-order valence-electron chi connectivity index (χ2n) is 4.72. The average Bonchev–Trinajstić information content (AvgIpc) is 2.14. The molecule has 4 nitrogen and oxygen atoms in total. The Balaban J connectivity index is 0.00000225. The molecule has 1 rings (SSSR count). The van der Waals surface area contributed by atoms with Crippen LogP contribution in [0.15, 0.2) is 18.3 Å². The minimum Gasteiger partial charge on any atom is -0.397 e. The zero-order valence-corrected chi connectivity index (χ0v) is 10.6. The van der Waals surface area contributed by atoms with Gasteiger partial charge in [0.15, 0.2) is 0 Å². The minimum atomic E-state index is -0.162. The zero-order valence-electron chi connectivity index (χ0n) is 9.78. The molecule has 0 radical (unpaired) electrons. The van der Waals surface area contributed by atoms with Gasteiger partial charge in [-0.3, -0.25) is 4.79 Å². The van der Waals surface area contributed by atoms with Crippen LogP contribution in [-0.2, 0) is 0 Å². The van der Waals surface area contributed by atoms with Gasteiger partial charge in [0.05, 0.1) is 11.9 Å². The van der Waals surface area contributed by atoms with E-state index < -0.39 is 0 Å². The van der Waals surface area contributed by atoms with Crippen LogP contribution in [0, 0.1) is 5.41 Å². The van der Waals surface area contributed by atoms with Gasteiger partial charge in [0, 0.05) is 6.54 Å². The molecule has 0 aliphatic heterocycles. The molecule has 0 fully saturated rings. The van der Waals surface area contributed by atoms with Crippen molar-refractivity contribution in [2.75, 3.05) is 12.3 Å². The van der Waals surface area contributed by atoms with E-state index in [2.05, 4.69) is 31.1 Å². The molecule has 0 aromatic carbocycles. The zero-order chi connectivity index (χ0) is 11.5. The Kier molecular flexibility index (Phi) is 5.24. The number of halogens is 1. The maximum absolute atomic E-state index is 11.6. The summed E-state index contributed by atoms with van der Waals surface area (Å²) in [5.74, 6) is -0.162. The Morgan fingerprint density at radius 1 is 1.44 bits per heavy atom. The standard InChI is InChI=1S/C11H17N3O.ClH/c1-11(2,3)7-14-10(15)9-5-4-8(12)6-13-9;/h4-6H,7,12H2,1-3H3,(H,14,15);1H. The quantitative estimate of drug-likeness (QED) is 0.833. The van der Waals surface area contributed by atoms with E-state index in [1.54, 1.807) is 12.1 Å². The number of nitrogen functional groups attached to an aromatic ring is 1. The molecule has 0 bridgehead atoms. The van der Waals surface area contributed by atoms with Crippen LogP contribution >= 0.6 is 12.4 Å². The topological polar surface area (TPSA) is 68.0 Å². The van der Waals surface area contributed by atoms with E-state index in [1.807, 2.05) is 0 Å². The van der Waals surface area contributed by atoms with Crippen LogP contribution in [0.5, 0.6) is 0 Å². The number of nitrogens with two attached hydrogens (primary N) is 1. The number of hydrogen-bond acceptors (Lipinski definition) is 3. The van der Waals surface area contributed by atoms with Gasteiger partial charge in [-0.25, -0.2) is 4.98 Å². The van der Waals surface area contributed by atoms with E-state index in [0.717, 1.165) is 0 Å². The Morgan fingerprint density at radius 3 is 2.50 bits per heavy atom. The van der Waals surface area contributed by atoms with Crippen molar-refractivity contribution in [1.29, 1.82) is 0 Å². The Bertz CT molecular complexity index is 343. The third-order valence-electron chi connectivity index (χ3n) is 1.80. The number of nitrogens with zero attached hydrogens (tertiary/aromatic N) is 1. The summed E-state index contributed by atoms with van der Waals surface area (Å²) in [7, 11) is 0. The fraction of sp³-hybridized carbons (Fsp3) is 0.455. The van der Waals surface area contributed by atoms with Crippen molar-refractivity contribution in [2.24, 2.45) is 5.41 Å². The molecule has 0 saturated carbocycles. The van der Waals surface area contributed by atoms with Crippen LogP contribution in [0.3, 0.4) is 0 Å². The summed E-state index contributed by atoms with van der Waals surface area (Å²) in [6, 6.07) is 3.28. The predicted molar refractivity (Wildman–Crippen MR) is 67.7 cm³/mol. The molecule has 0 saturated heterocycles. The highest BCUT2D eigenvalue weighted by molar-refractivity contribution is 5.92. The van der Waals surface area contributed by atoms with Crippen molar-refractivity contribution >= 4 is 24.0 Å². The first kappa shape index (κ1) is 14.7. The van der Waals surface area contributed by atoms with E-state index in [1.165, 1.54) is 6.20 Å². The van der Waals surface area contributed by atoms with Gasteiger partial charge in [0.2, 0.25) is 0 Å². The van der Waals surface area contributed by atoms with Gasteiger partial charge in [-0.05, 0) is 17.5 Å². The lowest BCUT2D eigenvalue weighted by Crippen LogP contribution is -2.32. The van der Waals surface area contributed by atoms with E-state index in [0.29, 0.717) is 17.9 Å². The lowest BCUT2D eigenvalue weighted by Gasteiger charge is -2.18. The molecule has 1 amide bonds. The number of amides is 1. The fourth-order valence-electron chi connectivity index (χ4n) is 0.976. The van der Waals surface area contributed by atoms with Crippen LogP contribution in [-0.4, -0.2) is 17.4 Å². The van der Waals surface area contributed by atoms with E-state index in [-0.39, 0.29) is 23.7 Å². The molecule has 1 heterocycles. The van der Waals surface area contributed by atoms with Crippen molar-refractivity contribution in [1.82, 2.24) is 10.3 Å². The van der Waals surface area contributed by atoms with Crippen LogP contribution in [0.25, 0.3) is 0 Å². The lowest BCUT2D eigenvalue weighted by molar-refractivity contribution is 0.0934. The van der Waals surface area contributed by atoms with Crippen molar-refractivity contribution < 1.29 is 4.79 Å². The van der Waals surface area contributed by atoms with Gasteiger partial charge in [-0.15, -0.1) is 12.4 Å². The van der Waals surface area contributed by atoms with Crippen molar-refractivity contribution in [3.63, 3.8) is 0 Å². The summed E-state index contributed by atoms with van der Waals surface area (Å²) in [4.78, 5) is 15.5. The molecule has 90 valence electrons. The number of aromatic nitrogens is 1. The Morgan fingerprint density at radius 2 is 2.06 bits per heavy atom. The monoisotopic (exact) mass is 243 g/mol. The molecule has 1 aromatic heterocycles. The molecule has 0 aliphatic rings. The van der Waals surface area contributed by atoms with E-state index in [4.69, 9.17) is 5.73 Å². The third-order valence-corrected chi connectivity index (χ3v) is 1.80. The highest BCUT2D eigenvalue weighted by Crippen LogP contribution is 2.10. The number of nitrogens with one attached hydrogen (secondary N) is 1. The molecule has 0 atom stereocenters. The number of rotatable bonds is 2. The largest absolute Gasteiger partial charge is 0.397 e. The smallest absolute Gasteiger partial charge is 0.269 e. The highest BCUT2D eigenvalue weighted by Gasteiger charge is 2.13. The number of hydrogen-bond donors (Lipinski definition) is 2. The molecule has 5 heteroatoms. The second-order valence-corrected chi connectivity index (χ2v) is 4.72. The number of anilines is 1. The summed E-state index contributed by atoms with van der Waals surface area (Å²) >= 11 is 0. The molecule has 0 aliphatic carbocycles. The maximum Gasteiger partial charge on any atom is 0.269 e. The summed E-state index contributed by atoms with van der Waals surface area (Å²) < 4.78 is 0. The van der Waals surface area contributed by atoms with Gasteiger partial charge in [-0.2, -0.15) is 0 Å². The molecular weight excluding hydrogens is 226 g/mol. The predicted octanol–water partition coefficient (Wildman–Crippen LogP) is 1.86. The van der Waals surface area contributed by atoms with Crippen LogP contribution in [0.2, 0.25) is 0 Å². The van der Waals surface area contributed by atoms with Crippen molar-refractivity contribution in [3.05, 3.63) is 24.0 Å². The van der Waals surface area contributed by atoms with E-state index in [9.17, 15) is 4.79 Å². The molecular formula is C11H18ClN3O. The molecule has 16 heavy (non-hydrogen) atoms. The van der Waals surface area contributed by atoms with Gasteiger partial charge >= 0.3 is 0 Å². The first-order chi connectivity index (χ1) is 6.88. The number of carbonyl (C=O) groups excluding carboxylic acids is 1. The number of carbonyl (C=O) groups is 1. The van der Waals surface area contributed by atoms with Gasteiger partial charge in [-0.1, -0.05) is 20.8 Å². The highest BCUT2D eigenvalue weighted by atomic mass is 35.5. The fourth-order valence-corrected chi connectivity index (χ4v) is 0.976. The van der Waals surface area contributed by atoms with Crippen LogP contribution in [0.1, 0.15) is 31.3 Å². The van der Waals surface area contributed by atoms with Crippen LogP contribution in [0.4, 0.5) is 5.69 Å². The summed E-state index contributed by atoms with van der Waals surface area (Å²) in [6.45, 7) is 6.80. The first-order valence-electron chi connectivity index (χ1n) is 4.88. The SMILES string of the molecule is CC(C)(C)CNC(=O)c1ccc(N)cn1.Cl. The summed E-state index contributed by atoms with van der Waals surface area (Å²) in [5, 5.41) is 2.82. The second kappa shape index (κ2) is 5.70. The minimum absolute atomic E-state index is 0. The van der Waals surface area contributed by atoms with Crippen molar-refractivity contribution in [3.8, 4) is 0 Å². The molecule has 0 spiro atoms. The van der Waals surface area contributed by atoms with Gasteiger partial charge in [0.1, 0.15) is 5.69 Å². The average molecular weight is 244 g/mol. The van der Waals surface area contributed by atoms with Gasteiger partial charge < -0.3 is 11.1 Å².